The van der Waals surface area contributed by atoms with Crippen molar-refractivity contribution in [2.45, 2.75) is 31.8 Å². The number of methoxy groups -OCH3 is 1. The summed E-state index contributed by atoms with van der Waals surface area (Å²) in [4.78, 5) is 18.0. The van der Waals surface area contributed by atoms with Crippen molar-refractivity contribution < 1.29 is 4.74 Å². The van der Waals surface area contributed by atoms with Gasteiger partial charge in [-0.1, -0.05) is 6.07 Å². The fraction of sp³-hybridized carbons (Fsp3) is 0.500. The number of hydrogen-bond acceptors (Lipinski definition) is 6. The third kappa shape index (κ3) is 4.20. The van der Waals surface area contributed by atoms with Crippen LogP contribution >= 0.6 is 0 Å². The normalized spacial score (nSPS) is 18.5. The Labute approximate surface area is 143 Å². The van der Waals surface area contributed by atoms with E-state index >= 15 is 0 Å². The molecular formula is C18H25N5O. The topological polar surface area (TPSA) is 54.4 Å². The van der Waals surface area contributed by atoms with Crippen molar-refractivity contribution in [3.05, 3.63) is 42.4 Å². The summed E-state index contributed by atoms with van der Waals surface area (Å²) >= 11 is 0. The van der Waals surface area contributed by atoms with Gasteiger partial charge in [-0.25, -0.2) is 4.98 Å². The summed E-state index contributed by atoms with van der Waals surface area (Å²) in [6.07, 6.45) is 7.04. The van der Waals surface area contributed by atoms with E-state index < -0.39 is 0 Å². The van der Waals surface area contributed by atoms with Gasteiger partial charge in [0, 0.05) is 44.1 Å². The molecule has 1 fully saturated rings. The van der Waals surface area contributed by atoms with Gasteiger partial charge in [-0.3, -0.25) is 9.88 Å². The highest BCUT2D eigenvalue weighted by Gasteiger charge is 2.22. The maximum Gasteiger partial charge on any atom is 0.228 e. The molecule has 1 atom stereocenters. The van der Waals surface area contributed by atoms with Crippen LogP contribution in [0, 0.1) is 0 Å². The molecule has 128 valence electrons. The van der Waals surface area contributed by atoms with E-state index in [0.717, 1.165) is 44.1 Å². The molecule has 0 aliphatic carbocycles. The molecule has 1 aliphatic rings. The Hall–Kier alpha value is -2.21. The molecule has 1 aliphatic heterocycles. The molecule has 0 unspecified atom stereocenters. The van der Waals surface area contributed by atoms with Crippen molar-refractivity contribution in [2.75, 3.05) is 32.1 Å². The number of nitrogens with zero attached hydrogens (tertiary/aromatic N) is 5. The van der Waals surface area contributed by atoms with Crippen molar-refractivity contribution in [3.63, 3.8) is 0 Å². The first-order valence-electron chi connectivity index (χ1n) is 8.48. The van der Waals surface area contributed by atoms with E-state index in [1.165, 1.54) is 6.42 Å². The Morgan fingerprint density at radius 3 is 2.88 bits per heavy atom. The third-order valence-electron chi connectivity index (χ3n) is 4.57. The van der Waals surface area contributed by atoms with Gasteiger partial charge in [-0.15, -0.1) is 0 Å². The van der Waals surface area contributed by atoms with Crippen LogP contribution in [0.15, 0.2) is 36.7 Å². The molecule has 0 saturated carbocycles. The van der Waals surface area contributed by atoms with E-state index in [2.05, 4.69) is 37.9 Å². The lowest BCUT2D eigenvalue weighted by atomic mass is 10.1. The Morgan fingerprint density at radius 2 is 2.08 bits per heavy atom. The lowest BCUT2D eigenvalue weighted by Gasteiger charge is -2.27. The van der Waals surface area contributed by atoms with E-state index in [0.29, 0.717) is 11.9 Å². The highest BCUT2D eigenvalue weighted by atomic mass is 16.5. The summed E-state index contributed by atoms with van der Waals surface area (Å²) in [5.41, 5.74) is 1.12. The molecule has 2 aromatic heterocycles. The number of ether oxygens (including phenoxy) is 1. The molecule has 1 saturated heterocycles. The van der Waals surface area contributed by atoms with Gasteiger partial charge >= 0.3 is 0 Å². The van der Waals surface area contributed by atoms with Crippen LogP contribution in [0.2, 0.25) is 0 Å². The van der Waals surface area contributed by atoms with E-state index in [4.69, 9.17) is 4.74 Å². The zero-order chi connectivity index (χ0) is 16.8. The van der Waals surface area contributed by atoms with Crippen molar-refractivity contribution in [1.29, 1.82) is 0 Å². The highest BCUT2D eigenvalue weighted by molar-refractivity contribution is 5.32. The average Bonchev–Trinajstić information content (AvgIpc) is 2.89. The monoisotopic (exact) mass is 327 g/mol. The van der Waals surface area contributed by atoms with Crippen molar-refractivity contribution >= 4 is 5.95 Å². The lowest BCUT2D eigenvalue weighted by molar-refractivity contribution is 0.215. The fourth-order valence-corrected chi connectivity index (χ4v) is 3.19. The number of aromatic nitrogens is 3. The molecule has 0 radical (unpaired) electrons. The van der Waals surface area contributed by atoms with Crippen LogP contribution < -0.4 is 9.64 Å². The van der Waals surface area contributed by atoms with E-state index in [-0.39, 0.29) is 0 Å². The molecule has 3 rings (SSSR count). The molecule has 0 bridgehead atoms. The van der Waals surface area contributed by atoms with Crippen molar-refractivity contribution in [1.82, 2.24) is 19.9 Å². The van der Waals surface area contributed by atoms with E-state index in [1.807, 2.05) is 18.3 Å². The quantitative estimate of drug-likeness (QED) is 0.840. The molecular weight excluding hydrogens is 302 g/mol. The first-order chi connectivity index (χ1) is 11.8. The summed E-state index contributed by atoms with van der Waals surface area (Å²) in [5, 5.41) is 0. The second-order valence-corrected chi connectivity index (χ2v) is 6.21. The zero-order valence-corrected chi connectivity index (χ0v) is 14.4. The van der Waals surface area contributed by atoms with Crippen LogP contribution in [0.25, 0.3) is 0 Å². The molecule has 24 heavy (non-hydrogen) atoms. The molecule has 0 aromatic carbocycles. The highest BCUT2D eigenvalue weighted by Crippen LogP contribution is 2.21. The lowest BCUT2D eigenvalue weighted by Crippen LogP contribution is -2.33. The predicted octanol–water partition coefficient (Wildman–Crippen LogP) is 2.37. The van der Waals surface area contributed by atoms with Gasteiger partial charge in [-0.05, 0) is 38.4 Å². The summed E-state index contributed by atoms with van der Waals surface area (Å²) in [7, 11) is 3.83. The van der Waals surface area contributed by atoms with Crippen LogP contribution in [0.3, 0.4) is 0 Å². The van der Waals surface area contributed by atoms with Gasteiger partial charge in [0.15, 0.2) is 0 Å². The molecule has 3 heterocycles. The van der Waals surface area contributed by atoms with Gasteiger partial charge in [0.2, 0.25) is 11.8 Å². The van der Waals surface area contributed by atoms with Crippen LogP contribution in [-0.2, 0) is 6.54 Å². The van der Waals surface area contributed by atoms with Crippen LogP contribution in [0.1, 0.15) is 25.0 Å². The Bertz CT molecular complexity index is 636. The van der Waals surface area contributed by atoms with Gasteiger partial charge in [-0.2, -0.15) is 4.98 Å². The fourth-order valence-electron chi connectivity index (χ4n) is 3.19. The number of anilines is 1. The van der Waals surface area contributed by atoms with Crippen LogP contribution in [0.5, 0.6) is 5.88 Å². The smallest absolute Gasteiger partial charge is 0.228 e. The number of hydrogen-bond donors (Lipinski definition) is 0. The second kappa shape index (κ2) is 8.06. The first kappa shape index (κ1) is 16.6. The maximum absolute atomic E-state index is 5.21. The van der Waals surface area contributed by atoms with Gasteiger partial charge in [0.05, 0.1) is 12.8 Å². The largest absolute Gasteiger partial charge is 0.481 e. The standard InChI is InChI=1S/C18H25N5O/c1-22(14-15-6-3-4-10-19-15)16-7-5-12-23(13-9-16)18-20-11-8-17(21-18)24-2/h3-4,6,8,10-11,16H,5,7,9,12-14H2,1-2H3/t16-/m0/s1. The minimum atomic E-state index is 0.558. The molecule has 6 nitrogen and oxygen atoms in total. The summed E-state index contributed by atoms with van der Waals surface area (Å²) in [6, 6.07) is 8.43. The molecule has 6 heteroatoms. The summed E-state index contributed by atoms with van der Waals surface area (Å²) < 4.78 is 5.21. The first-order valence-corrected chi connectivity index (χ1v) is 8.48. The van der Waals surface area contributed by atoms with Crippen molar-refractivity contribution in [3.8, 4) is 5.88 Å². The summed E-state index contributed by atoms with van der Waals surface area (Å²) in [6.45, 7) is 2.84. The SMILES string of the molecule is COc1ccnc(N2CCC[C@H](N(C)Cc3ccccn3)CC2)n1. The van der Waals surface area contributed by atoms with Gasteiger partial charge < -0.3 is 9.64 Å². The Morgan fingerprint density at radius 1 is 1.17 bits per heavy atom. The van der Waals surface area contributed by atoms with Crippen LogP contribution in [-0.4, -0.2) is 53.1 Å². The van der Waals surface area contributed by atoms with E-state index in [1.54, 1.807) is 19.4 Å². The minimum absolute atomic E-state index is 0.558. The molecule has 0 amide bonds. The van der Waals surface area contributed by atoms with Gasteiger partial charge in [0.25, 0.3) is 0 Å². The maximum atomic E-state index is 5.21. The number of rotatable bonds is 5. The molecule has 0 N–H and O–H groups in total. The predicted molar refractivity (Wildman–Crippen MR) is 94.1 cm³/mol. The zero-order valence-electron chi connectivity index (χ0n) is 14.4. The van der Waals surface area contributed by atoms with Crippen LogP contribution in [0.4, 0.5) is 5.95 Å². The Kier molecular flexibility index (Phi) is 5.59. The molecule has 2 aromatic rings. The third-order valence-corrected chi connectivity index (χ3v) is 4.57. The number of pyridine rings is 1. The van der Waals surface area contributed by atoms with Crippen molar-refractivity contribution in [2.24, 2.45) is 0 Å². The average molecular weight is 327 g/mol. The van der Waals surface area contributed by atoms with Gasteiger partial charge in [0.1, 0.15) is 0 Å². The second-order valence-electron chi connectivity index (χ2n) is 6.21. The summed E-state index contributed by atoms with van der Waals surface area (Å²) in [5.74, 6) is 1.38. The molecule has 0 spiro atoms. The van der Waals surface area contributed by atoms with E-state index in [9.17, 15) is 0 Å². The Balaban J connectivity index is 1.60. The minimum Gasteiger partial charge on any atom is -0.481 e.